The molecule has 10 nitrogen and oxygen atoms in total. The first-order valence-electron chi connectivity index (χ1n) is 13.3. The number of nitriles is 1. The van der Waals surface area contributed by atoms with Crippen LogP contribution in [0.25, 0.3) is 11.8 Å². The van der Waals surface area contributed by atoms with Gasteiger partial charge in [-0.25, -0.2) is 4.68 Å². The summed E-state index contributed by atoms with van der Waals surface area (Å²) in [7, 11) is 3.43. The van der Waals surface area contributed by atoms with Gasteiger partial charge in [0.15, 0.2) is 4.32 Å². The van der Waals surface area contributed by atoms with Crippen molar-refractivity contribution in [2.24, 2.45) is 14.1 Å². The highest BCUT2D eigenvalue weighted by atomic mass is 32.2. The van der Waals surface area contributed by atoms with Crippen LogP contribution in [0.2, 0.25) is 0 Å². The van der Waals surface area contributed by atoms with E-state index in [4.69, 9.17) is 12.2 Å². The SMILES string of the molecule is CCN1CCN(c2c(C=C3SC(=S)N(c4c(C)n(C)n(-c5ccccc5)c4=O)C3=O)c(C)c(C#N)c(=O)n2C)CC1. The average Bonchev–Trinajstić information content (AvgIpc) is 3.36. The number of para-hydroxylation sites is 1. The molecule has 1 amide bonds. The molecule has 3 aromatic rings. The summed E-state index contributed by atoms with van der Waals surface area (Å²) < 4.78 is 4.96. The lowest BCUT2D eigenvalue weighted by Crippen LogP contribution is -2.48. The number of carbonyl (C=O) groups excluding carboxylic acids is 1. The van der Waals surface area contributed by atoms with Crippen molar-refractivity contribution in [3.8, 4) is 11.8 Å². The Bertz CT molecular complexity index is 1750. The summed E-state index contributed by atoms with van der Waals surface area (Å²) in [6.07, 6.45) is 1.71. The van der Waals surface area contributed by atoms with Gasteiger partial charge < -0.3 is 9.80 Å². The smallest absolute Gasteiger partial charge is 0.296 e. The van der Waals surface area contributed by atoms with Gasteiger partial charge in [0.05, 0.1) is 16.3 Å². The van der Waals surface area contributed by atoms with Crippen molar-refractivity contribution in [3.63, 3.8) is 0 Å². The topological polar surface area (TPSA) is 99.5 Å². The van der Waals surface area contributed by atoms with E-state index in [2.05, 4.69) is 16.7 Å². The first kappa shape index (κ1) is 28.6. The lowest BCUT2D eigenvalue weighted by atomic mass is 10.0. The summed E-state index contributed by atoms with van der Waals surface area (Å²) >= 11 is 6.75. The molecule has 5 rings (SSSR count). The van der Waals surface area contributed by atoms with Gasteiger partial charge in [0.2, 0.25) is 0 Å². The highest BCUT2D eigenvalue weighted by Gasteiger charge is 2.38. The maximum atomic E-state index is 13.9. The number of rotatable bonds is 5. The summed E-state index contributed by atoms with van der Waals surface area (Å²) in [5, 5.41) is 9.80. The van der Waals surface area contributed by atoms with Crippen LogP contribution in [0.1, 0.15) is 29.3 Å². The van der Waals surface area contributed by atoms with Crippen LogP contribution in [0.3, 0.4) is 0 Å². The van der Waals surface area contributed by atoms with Crippen LogP contribution in [0.15, 0.2) is 44.8 Å². The van der Waals surface area contributed by atoms with Gasteiger partial charge in [0.1, 0.15) is 23.1 Å². The van der Waals surface area contributed by atoms with Gasteiger partial charge in [-0.2, -0.15) is 5.26 Å². The number of hydrogen-bond donors (Lipinski definition) is 0. The number of anilines is 2. The molecule has 2 saturated heterocycles. The first-order valence-corrected chi connectivity index (χ1v) is 14.6. The van der Waals surface area contributed by atoms with Crippen LogP contribution < -0.4 is 20.9 Å². The number of nitrogens with zero attached hydrogens (tertiary/aromatic N) is 7. The van der Waals surface area contributed by atoms with E-state index >= 15 is 0 Å². The maximum Gasteiger partial charge on any atom is 0.296 e. The number of thiocarbonyl (C=S) groups is 1. The monoisotopic (exact) mass is 589 g/mol. The third-order valence-corrected chi connectivity index (χ3v) is 9.21. The molecular weight excluding hydrogens is 558 g/mol. The molecule has 1 aromatic carbocycles. The molecule has 0 saturated carbocycles. The highest BCUT2D eigenvalue weighted by Crippen LogP contribution is 2.38. The van der Waals surface area contributed by atoms with E-state index in [0.717, 1.165) is 31.4 Å². The Morgan fingerprint density at radius 3 is 2.29 bits per heavy atom. The van der Waals surface area contributed by atoms with Crippen molar-refractivity contribution < 1.29 is 4.79 Å². The Morgan fingerprint density at radius 2 is 1.68 bits per heavy atom. The summed E-state index contributed by atoms with van der Waals surface area (Å²) in [4.78, 5) is 46.8. The molecular formula is C29H31N7O3S2. The molecule has 0 bridgehead atoms. The number of hydrogen-bond acceptors (Lipinski definition) is 8. The minimum absolute atomic E-state index is 0.0369. The molecule has 2 aliphatic rings. The number of aromatic nitrogens is 3. The van der Waals surface area contributed by atoms with Gasteiger partial charge in [-0.1, -0.05) is 49.1 Å². The molecule has 2 aromatic heterocycles. The second-order valence-electron chi connectivity index (χ2n) is 10.1. The van der Waals surface area contributed by atoms with Crippen LogP contribution >= 0.6 is 24.0 Å². The zero-order valence-corrected chi connectivity index (χ0v) is 25.3. The van der Waals surface area contributed by atoms with Crippen molar-refractivity contribution in [1.29, 1.82) is 5.26 Å². The van der Waals surface area contributed by atoms with E-state index in [1.54, 1.807) is 38.7 Å². The Kier molecular flexibility index (Phi) is 7.78. The fourth-order valence-corrected chi connectivity index (χ4v) is 6.73. The fraction of sp³-hybridized carbons (Fsp3) is 0.345. The number of thioether (sulfide) groups is 1. The van der Waals surface area contributed by atoms with E-state index < -0.39 is 5.91 Å². The Hall–Kier alpha value is -3.92. The van der Waals surface area contributed by atoms with Gasteiger partial charge in [0, 0.05) is 45.8 Å². The molecule has 0 spiro atoms. The van der Waals surface area contributed by atoms with Gasteiger partial charge in [-0.05, 0) is 44.2 Å². The third-order valence-electron chi connectivity index (χ3n) is 7.90. The molecule has 4 heterocycles. The van der Waals surface area contributed by atoms with Crippen LogP contribution in [-0.2, 0) is 18.9 Å². The second kappa shape index (κ2) is 11.2. The number of likely N-dealkylation sites (N-methyl/N-ethyl adjacent to an activating group) is 1. The second-order valence-corrected chi connectivity index (χ2v) is 11.7. The van der Waals surface area contributed by atoms with E-state index in [1.807, 2.05) is 36.4 Å². The molecule has 2 aliphatic heterocycles. The minimum Gasteiger partial charge on any atom is -0.355 e. The Balaban J connectivity index is 1.62. The number of piperazine rings is 1. The number of amides is 1. The van der Waals surface area contributed by atoms with Crippen LogP contribution in [0, 0.1) is 25.2 Å². The average molecular weight is 590 g/mol. The van der Waals surface area contributed by atoms with Crippen LogP contribution in [0.5, 0.6) is 0 Å². The predicted octanol–water partition coefficient (Wildman–Crippen LogP) is 2.91. The predicted molar refractivity (Wildman–Crippen MR) is 167 cm³/mol. The zero-order chi connectivity index (χ0) is 29.6. The standard InChI is InChI=1S/C29H31N7O3S2/c1-6-33-12-14-34(15-13-33)25-21(18(2)22(17-30)26(37)31(25)4)16-23-27(38)35(29(40)41-23)24-19(3)32(5)36(28(24)39)20-10-8-7-9-11-20/h7-11,16H,6,12-15H2,1-5H3. The lowest BCUT2D eigenvalue weighted by Gasteiger charge is -2.37. The van der Waals surface area contributed by atoms with Crippen LogP contribution in [0.4, 0.5) is 11.5 Å². The van der Waals surface area contributed by atoms with Gasteiger partial charge >= 0.3 is 0 Å². The number of benzene rings is 1. The van der Waals surface area contributed by atoms with E-state index in [0.29, 0.717) is 46.3 Å². The highest BCUT2D eigenvalue weighted by molar-refractivity contribution is 8.27. The molecule has 2 fully saturated rings. The van der Waals surface area contributed by atoms with Gasteiger partial charge in [0.25, 0.3) is 17.0 Å². The van der Waals surface area contributed by atoms with E-state index in [-0.39, 0.29) is 26.7 Å². The van der Waals surface area contributed by atoms with Crippen LogP contribution in [-0.4, -0.2) is 61.8 Å². The van der Waals surface area contributed by atoms with Crippen molar-refractivity contribution >= 4 is 51.8 Å². The van der Waals surface area contributed by atoms with Crippen molar-refractivity contribution in [2.45, 2.75) is 20.8 Å². The lowest BCUT2D eigenvalue weighted by molar-refractivity contribution is -0.113. The summed E-state index contributed by atoms with van der Waals surface area (Å²) in [5.74, 6) is 0.245. The fourth-order valence-electron chi connectivity index (χ4n) is 5.47. The third kappa shape index (κ3) is 4.73. The number of carbonyl (C=O) groups is 1. The van der Waals surface area contributed by atoms with E-state index in [9.17, 15) is 19.6 Å². The molecule has 0 aliphatic carbocycles. The zero-order valence-electron chi connectivity index (χ0n) is 23.7. The van der Waals surface area contributed by atoms with E-state index in [1.165, 1.54) is 14.1 Å². The van der Waals surface area contributed by atoms with Crippen molar-refractivity contribution in [3.05, 3.63) is 78.3 Å². The molecule has 0 radical (unpaired) electrons. The number of pyridine rings is 1. The largest absolute Gasteiger partial charge is 0.355 e. The quantitative estimate of drug-likeness (QED) is 0.331. The normalized spacial score (nSPS) is 17.1. The minimum atomic E-state index is -0.417. The molecule has 0 unspecified atom stereocenters. The summed E-state index contributed by atoms with van der Waals surface area (Å²) in [6.45, 7) is 9.67. The van der Waals surface area contributed by atoms with Gasteiger partial charge in [-0.3, -0.25) is 28.5 Å². The molecule has 0 N–H and O–H groups in total. The molecule has 0 atom stereocenters. The Morgan fingerprint density at radius 1 is 1.02 bits per heavy atom. The summed E-state index contributed by atoms with van der Waals surface area (Å²) in [6, 6.07) is 11.3. The van der Waals surface area contributed by atoms with Crippen molar-refractivity contribution in [2.75, 3.05) is 42.5 Å². The summed E-state index contributed by atoms with van der Waals surface area (Å²) in [5.41, 5.74) is 1.92. The molecule has 12 heteroatoms. The first-order chi connectivity index (χ1) is 19.6. The Labute approximate surface area is 247 Å². The van der Waals surface area contributed by atoms with Gasteiger partial charge in [-0.15, -0.1) is 0 Å². The molecule has 41 heavy (non-hydrogen) atoms. The van der Waals surface area contributed by atoms with Crippen molar-refractivity contribution in [1.82, 2.24) is 18.8 Å². The molecule has 212 valence electrons. The maximum absolute atomic E-state index is 13.9.